The van der Waals surface area contributed by atoms with E-state index in [1.54, 1.807) is 26.8 Å². The fourth-order valence-corrected chi connectivity index (χ4v) is 2.75. The Morgan fingerprint density at radius 1 is 1.25 bits per heavy atom. The Bertz CT molecular complexity index is 929. The molecule has 0 saturated heterocycles. The Morgan fingerprint density at radius 2 is 1.96 bits per heavy atom. The van der Waals surface area contributed by atoms with E-state index in [0.29, 0.717) is 22.4 Å². The van der Waals surface area contributed by atoms with E-state index in [0.717, 1.165) is 6.08 Å². The minimum Gasteiger partial charge on any atom is -0.462 e. The quantitative estimate of drug-likeness (QED) is 0.444. The molecule has 7 heteroatoms. The summed E-state index contributed by atoms with van der Waals surface area (Å²) in [5, 5.41) is 0. The van der Waals surface area contributed by atoms with Crippen LogP contribution < -0.4 is 0 Å². The van der Waals surface area contributed by atoms with Crippen LogP contribution in [-0.2, 0) is 14.3 Å². The van der Waals surface area contributed by atoms with E-state index in [2.05, 4.69) is 4.98 Å². The number of aromatic amines is 1. The monoisotopic (exact) mass is 387 g/mol. The van der Waals surface area contributed by atoms with Gasteiger partial charge in [-0.05, 0) is 57.0 Å². The van der Waals surface area contributed by atoms with Crippen LogP contribution in [-0.4, -0.2) is 35.4 Å². The topological polar surface area (TPSA) is 85.5 Å². The minimum absolute atomic E-state index is 0.190. The number of halogens is 1. The standard InChI is InChI=1S/C21H22FNO5/c1-5-27-21(26)18-12(2)19(23-13(18)3)20(25)14(4)28-17(24)10-9-15-7-6-8-16(22)11-15/h6-11,14,23H,5H2,1-4H3/b10-9+/t14-/m1/s1. The van der Waals surface area contributed by atoms with Crippen molar-refractivity contribution >= 4 is 23.8 Å². The zero-order valence-corrected chi connectivity index (χ0v) is 16.2. The van der Waals surface area contributed by atoms with Crippen LogP contribution in [0, 0.1) is 19.7 Å². The molecule has 0 aliphatic rings. The van der Waals surface area contributed by atoms with Gasteiger partial charge in [0.15, 0.2) is 6.10 Å². The zero-order valence-electron chi connectivity index (χ0n) is 16.2. The molecule has 1 aromatic heterocycles. The van der Waals surface area contributed by atoms with Crippen LogP contribution in [0.4, 0.5) is 4.39 Å². The predicted molar refractivity (Wildman–Crippen MR) is 102 cm³/mol. The van der Waals surface area contributed by atoms with Gasteiger partial charge in [0.05, 0.1) is 17.9 Å². The molecule has 2 aromatic rings. The highest BCUT2D eigenvalue weighted by molar-refractivity contribution is 6.04. The number of ketones is 1. The van der Waals surface area contributed by atoms with Crippen LogP contribution in [0.1, 0.15) is 51.5 Å². The van der Waals surface area contributed by atoms with Crippen molar-refractivity contribution < 1.29 is 28.2 Å². The molecular weight excluding hydrogens is 365 g/mol. The number of ether oxygens (including phenoxy) is 2. The van der Waals surface area contributed by atoms with Crippen molar-refractivity contribution in [3.8, 4) is 0 Å². The molecule has 1 atom stereocenters. The van der Waals surface area contributed by atoms with Crippen molar-refractivity contribution in [1.29, 1.82) is 0 Å². The summed E-state index contributed by atoms with van der Waals surface area (Å²) >= 11 is 0. The molecule has 2 rings (SSSR count). The molecule has 0 aliphatic carbocycles. The lowest BCUT2D eigenvalue weighted by atomic mass is 10.1. The first kappa shape index (κ1) is 21.1. The summed E-state index contributed by atoms with van der Waals surface area (Å²) < 4.78 is 23.3. The van der Waals surface area contributed by atoms with Crippen molar-refractivity contribution in [2.75, 3.05) is 6.61 Å². The summed E-state index contributed by atoms with van der Waals surface area (Å²) in [6.07, 6.45) is 1.44. The maximum Gasteiger partial charge on any atom is 0.340 e. The SMILES string of the molecule is CCOC(=O)c1c(C)[nH]c(C(=O)[C@@H](C)OC(=O)/C=C/c2cccc(F)c2)c1C. The Balaban J connectivity index is 2.09. The predicted octanol–water partition coefficient (Wildman–Crippen LogP) is 3.78. The molecule has 0 aliphatic heterocycles. The van der Waals surface area contributed by atoms with Gasteiger partial charge in [-0.2, -0.15) is 0 Å². The maximum absolute atomic E-state index is 13.1. The van der Waals surface area contributed by atoms with Gasteiger partial charge in [0.2, 0.25) is 5.78 Å². The second-order valence-corrected chi connectivity index (χ2v) is 6.18. The largest absolute Gasteiger partial charge is 0.462 e. The number of aryl methyl sites for hydroxylation is 1. The number of carbonyl (C=O) groups is 3. The van der Waals surface area contributed by atoms with Gasteiger partial charge in [-0.1, -0.05) is 12.1 Å². The minimum atomic E-state index is -1.07. The van der Waals surface area contributed by atoms with Gasteiger partial charge < -0.3 is 14.5 Å². The van der Waals surface area contributed by atoms with Gasteiger partial charge in [0.25, 0.3) is 0 Å². The second kappa shape index (κ2) is 9.12. The lowest BCUT2D eigenvalue weighted by Crippen LogP contribution is -2.24. The number of Topliss-reactive ketones (excluding diaryl/α,β-unsaturated/α-hetero) is 1. The van der Waals surface area contributed by atoms with Gasteiger partial charge in [0.1, 0.15) is 5.82 Å². The first-order valence-electron chi connectivity index (χ1n) is 8.79. The molecule has 148 valence electrons. The van der Waals surface area contributed by atoms with E-state index in [-0.39, 0.29) is 12.3 Å². The van der Waals surface area contributed by atoms with Gasteiger partial charge in [-0.15, -0.1) is 0 Å². The highest BCUT2D eigenvalue weighted by Gasteiger charge is 2.27. The molecule has 0 saturated carbocycles. The Hall–Kier alpha value is -3.22. The summed E-state index contributed by atoms with van der Waals surface area (Å²) in [5.74, 6) is -2.15. The maximum atomic E-state index is 13.1. The molecule has 1 N–H and O–H groups in total. The van der Waals surface area contributed by atoms with E-state index < -0.39 is 29.6 Å². The van der Waals surface area contributed by atoms with E-state index >= 15 is 0 Å². The third-order valence-corrected chi connectivity index (χ3v) is 4.09. The number of hydrogen-bond donors (Lipinski definition) is 1. The first-order chi connectivity index (χ1) is 13.2. The van der Waals surface area contributed by atoms with E-state index in [1.165, 1.54) is 31.2 Å². The molecule has 1 heterocycles. The molecule has 0 fully saturated rings. The van der Waals surface area contributed by atoms with Crippen LogP contribution >= 0.6 is 0 Å². The highest BCUT2D eigenvalue weighted by atomic mass is 19.1. The van der Waals surface area contributed by atoms with Crippen molar-refractivity contribution in [3.63, 3.8) is 0 Å². The average molecular weight is 387 g/mol. The highest BCUT2D eigenvalue weighted by Crippen LogP contribution is 2.21. The zero-order chi connectivity index (χ0) is 20.8. The summed E-state index contributed by atoms with van der Waals surface area (Å²) in [7, 11) is 0. The second-order valence-electron chi connectivity index (χ2n) is 6.18. The van der Waals surface area contributed by atoms with Gasteiger partial charge in [-0.3, -0.25) is 4.79 Å². The number of hydrogen-bond acceptors (Lipinski definition) is 5. The molecule has 0 bridgehead atoms. The van der Waals surface area contributed by atoms with Gasteiger partial charge in [0, 0.05) is 11.8 Å². The summed E-state index contributed by atoms with van der Waals surface area (Å²) in [4.78, 5) is 39.5. The molecule has 28 heavy (non-hydrogen) atoms. The van der Waals surface area contributed by atoms with Crippen LogP contribution in [0.15, 0.2) is 30.3 Å². The summed E-state index contributed by atoms with van der Waals surface area (Å²) in [6.45, 7) is 6.64. The van der Waals surface area contributed by atoms with Gasteiger partial charge in [-0.25, -0.2) is 14.0 Å². The van der Waals surface area contributed by atoms with Crippen LogP contribution in [0.2, 0.25) is 0 Å². The van der Waals surface area contributed by atoms with Crippen molar-refractivity contribution in [2.45, 2.75) is 33.8 Å². The lowest BCUT2D eigenvalue weighted by Gasteiger charge is -2.10. The smallest absolute Gasteiger partial charge is 0.340 e. The van der Waals surface area contributed by atoms with Crippen LogP contribution in [0.3, 0.4) is 0 Å². The molecule has 1 aromatic carbocycles. The van der Waals surface area contributed by atoms with Crippen molar-refractivity contribution in [1.82, 2.24) is 4.98 Å². The number of carbonyl (C=O) groups excluding carboxylic acids is 3. The number of H-pyrrole nitrogens is 1. The van der Waals surface area contributed by atoms with E-state index in [9.17, 15) is 18.8 Å². The molecule has 0 radical (unpaired) electrons. The van der Waals surface area contributed by atoms with Crippen LogP contribution in [0.25, 0.3) is 6.08 Å². The molecule has 0 unspecified atom stereocenters. The molecular formula is C21H22FNO5. The van der Waals surface area contributed by atoms with Crippen molar-refractivity contribution in [3.05, 3.63) is 64.2 Å². The first-order valence-corrected chi connectivity index (χ1v) is 8.79. The van der Waals surface area contributed by atoms with E-state index in [1.807, 2.05) is 0 Å². The summed E-state index contributed by atoms with van der Waals surface area (Å²) in [6, 6.07) is 5.70. The Labute approximate surface area is 162 Å². The number of esters is 2. The molecule has 6 nitrogen and oxygen atoms in total. The number of benzene rings is 1. The fraction of sp³-hybridized carbons (Fsp3) is 0.286. The molecule has 0 spiro atoms. The third kappa shape index (κ3) is 4.94. The lowest BCUT2D eigenvalue weighted by molar-refractivity contribution is -0.140. The summed E-state index contributed by atoms with van der Waals surface area (Å²) in [5.41, 5.74) is 1.93. The van der Waals surface area contributed by atoms with Gasteiger partial charge >= 0.3 is 11.9 Å². The average Bonchev–Trinajstić information content (AvgIpc) is 2.94. The number of rotatable bonds is 7. The Kier molecular flexibility index (Phi) is 6.87. The van der Waals surface area contributed by atoms with E-state index in [4.69, 9.17) is 9.47 Å². The van der Waals surface area contributed by atoms with Crippen molar-refractivity contribution in [2.24, 2.45) is 0 Å². The normalized spacial score (nSPS) is 12.0. The Morgan fingerprint density at radius 3 is 2.61 bits per heavy atom. The number of nitrogens with one attached hydrogen (secondary N) is 1. The third-order valence-electron chi connectivity index (χ3n) is 4.09. The fourth-order valence-electron chi connectivity index (χ4n) is 2.75. The van der Waals surface area contributed by atoms with Crippen LogP contribution in [0.5, 0.6) is 0 Å². The number of aromatic nitrogens is 1. The molecule has 0 amide bonds.